The molecule has 2 heteroatoms. The van der Waals surface area contributed by atoms with Gasteiger partial charge in [0.1, 0.15) is 5.75 Å². The van der Waals surface area contributed by atoms with E-state index >= 15 is 0 Å². The molecule has 0 amide bonds. The van der Waals surface area contributed by atoms with Crippen molar-refractivity contribution in [1.29, 1.82) is 0 Å². The van der Waals surface area contributed by atoms with Crippen molar-refractivity contribution in [3.63, 3.8) is 0 Å². The first-order valence-electron chi connectivity index (χ1n) is 7.04. The lowest BCUT2D eigenvalue weighted by atomic mass is 10.0. The number of hydrogen-bond donors (Lipinski definition) is 1. The van der Waals surface area contributed by atoms with Gasteiger partial charge >= 0.3 is 0 Å². The topological polar surface area (TPSA) is 35.2 Å². The second-order valence-corrected chi connectivity index (χ2v) is 5.45. The van der Waals surface area contributed by atoms with Gasteiger partial charge in [0.2, 0.25) is 0 Å². The minimum Gasteiger partial charge on any atom is -0.490 e. The minimum atomic E-state index is 0.218. The maximum absolute atomic E-state index is 6.08. The van der Waals surface area contributed by atoms with Gasteiger partial charge in [-0.15, -0.1) is 0 Å². The van der Waals surface area contributed by atoms with Crippen LogP contribution in [0.3, 0.4) is 0 Å². The third kappa shape index (κ3) is 2.94. The number of hydrogen-bond acceptors (Lipinski definition) is 2. The van der Waals surface area contributed by atoms with E-state index in [1.807, 2.05) is 0 Å². The first kappa shape index (κ1) is 11.8. The lowest BCUT2D eigenvalue weighted by Gasteiger charge is -2.10. The van der Waals surface area contributed by atoms with Gasteiger partial charge < -0.3 is 10.5 Å². The zero-order valence-corrected chi connectivity index (χ0v) is 10.8. The van der Waals surface area contributed by atoms with Crippen molar-refractivity contribution in [3.05, 3.63) is 35.9 Å². The van der Waals surface area contributed by atoms with Crippen LogP contribution in [0.25, 0.3) is 5.57 Å². The summed E-state index contributed by atoms with van der Waals surface area (Å²) in [6.45, 7) is 0. The van der Waals surface area contributed by atoms with Crippen molar-refractivity contribution in [1.82, 2.24) is 0 Å². The molecule has 1 unspecified atom stereocenters. The maximum atomic E-state index is 6.08. The molecule has 2 N–H and O–H groups in total. The fourth-order valence-corrected chi connectivity index (χ4v) is 2.51. The molecule has 3 rings (SSSR count). The van der Waals surface area contributed by atoms with Crippen molar-refractivity contribution in [2.75, 3.05) is 0 Å². The predicted molar refractivity (Wildman–Crippen MR) is 74.5 cm³/mol. The van der Waals surface area contributed by atoms with E-state index in [4.69, 9.17) is 10.5 Å². The van der Waals surface area contributed by atoms with Crippen molar-refractivity contribution >= 4 is 5.57 Å². The largest absolute Gasteiger partial charge is 0.490 e. The quantitative estimate of drug-likeness (QED) is 0.881. The Hall–Kier alpha value is -1.28. The highest BCUT2D eigenvalue weighted by Crippen LogP contribution is 2.31. The van der Waals surface area contributed by atoms with Crippen LogP contribution in [0.5, 0.6) is 5.75 Å². The summed E-state index contributed by atoms with van der Waals surface area (Å²) in [7, 11) is 0. The number of rotatable bonds is 3. The van der Waals surface area contributed by atoms with Crippen LogP contribution >= 0.6 is 0 Å². The zero-order chi connectivity index (χ0) is 12.4. The van der Waals surface area contributed by atoms with Crippen molar-refractivity contribution < 1.29 is 4.74 Å². The first-order valence-corrected chi connectivity index (χ1v) is 7.04. The molecule has 2 aliphatic rings. The summed E-state index contributed by atoms with van der Waals surface area (Å²) in [5, 5.41) is 0. The Bertz CT molecular complexity index is 448. The summed E-state index contributed by atoms with van der Waals surface area (Å²) in [5.41, 5.74) is 8.76. The molecule has 1 atom stereocenters. The van der Waals surface area contributed by atoms with Gasteiger partial charge in [0.25, 0.3) is 0 Å². The van der Waals surface area contributed by atoms with Crippen LogP contribution in [-0.2, 0) is 0 Å². The van der Waals surface area contributed by atoms with Crippen LogP contribution in [-0.4, -0.2) is 12.1 Å². The number of nitrogens with two attached hydrogens (primary N) is 1. The average Bonchev–Trinajstić information content (AvgIpc) is 3.18. The third-order valence-corrected chi connectivity index (χ3v) is 3.68. The standard InChI is InChI=1S/C16H21NO/c17-14-6-2-1-4-12(10-14)13-5-3-7-16(11-13)18-15-8-9-15/h3,5,7,10-11,14-15H,1-2,4,6,8-9,17H2. The minimum absolute atomic E-state index is 0.218. The fraction of sp³-hybridized carbons (Fsp3) is 0.500. The van der Waals surface area contributed by atoms with Crippen molar-refractivity contribution in [2.45, 2.75) is 50.7 Å². The Morgan fingerprint density at radius 3 is 2.83 bits per heavy atom. The van der Waals surface area contributed by atoms with E-state index < -0.39 is 0 Å². The van der Waals surface area contributed by atoms with Gasteiger partial charge in [-0.25, -0.2) is 0 Å². The normalized spacial score (nSPS) is 24.3. The van der Waals surface area contributed by atoms with E-state index in [1.54, 1.807) is 0 Å². The van der Waals surface area contributed by atoms with Gasteiger partial charge in [-0.05, 0) is 55.4 Å². The predicted octanol–water partition coefficient (Wildman–Crippen LogP) is 3.51. The zero-order valence-electron chi connectivity index (χ0n) is 10.8. The smallest absolute Gasteiger partial charge is 0.120 e. The van der Waals surface area contributed by atoms with E-state index in [-0.39, 0.29) is 6.04 Å². The molecular formula is C16H21NO. The van der Waals surface area contributed by atoms with Crippen molar-refractivity contribution in [2.24, 2.45) is 5.73 Å². The molecule has 0 radical (unpaired) electrons. The Morgan fingerprint density at radius 2 is 2.00 bits per heavy atom. The number of ether oxygens (including phenoxy) is 1. The van der Waals surface area contributed by atoms with Crippen molar-refractivity contribution in [3.8, 4) is 5.75 Å². The van der Waals surface area contributed by atoms with Crippen LogP contribution in [0.1, 0.15) is 44.1 Å². The van der Waals surface area contributed by atoms with E-state index in [1.165, 1.54) is 36.8 Å². The summed E-state index contributed by atoms with van der Waals surface area (Å²) in [5.74, 6) is 1.01. The van der Waals surface area contributed by atoms with E-state index in [0.717, 1.165) is 18.6 Å². The SMILES string of the molecule is NC1C=C(c2cccc(OC3CC3)c2)CCCC1. The van der Waals surface area contributed by atoms with E-state index in [0.29, 0.717) is 6.10 Å². The molecule has 1 saturated carbocycles. The van der Waals surface area contributed by atoms with Gasteiger partial charge in [-0.1, -0.05) is 24.6 Å². The first-order chi connectivity index (χ1) is 8.81. The van der Waals surface area contributed by atoms with E-state index in [2.05, 4.69) is 30.3 Å². The summed E-state index contributed by atoms with van der Waals surface area (Å²) in [6, 6.07) is 8.70. The molecule has 0 aromatic heterocycles. The lowest BCUT2D eigenvalue weighted by molar-refractivity contribution is 0.303. The van der Waals surface area contributed by atoms with Gasteiger partial charge in [0, 0.05) is 6.04 Å². The molecule has 0 aliphatic heterocycles. The molecule has 1 fully saturated rings. The molecule has 2 nitrogen and oxygen atoms in total. The molecule has 0 saturated heterocycles. The summed E-state index contributed by atoms with van der Waals surface area (Å²) >= 11 is 0. The molecule has 0 bridgehead atoms. The second-order valence-electron chi connectivity index (χ2n) is 5.45. The van der Waals surface area contributed by atoms with Gasteiger partial charge in [-0.2, -0.15) is 0 Å². The highest BCUT2D eigenvalue weighted by Gasteiger charge is 2.23. The Balaban J connectivity index is 1.81. The molecule has 0 heterocycles. The van der Waals surface area contributed by atoms with Gasteiger partial charge in [-0.3, -0.25) is 0 Å². The summed E-state index contributed by atoms with van der Waals surface area (Å²) in [4.78, 5) is 0. The Labute approximate surface area is 109 Å². The number of allylic oxidation sites excluding steroid dienone is 1. The highest BCUT2D eigenvalue weighted by atomic mass is 16.5. The lowest BCUT2D eigenvalue weighted by Crippen LogP contribution is -2.15. The van der Waals surface area contributed by atoms with Crippen LogP contribution in [0, 0.1) is 0 Å². The fourth-order valence-electron chi connectivity index (χ4n) is 2.51. The van der Waals surface area contributed by atoms with Crippen LogP contribution in [0.15, 0.2) is 30.3 Å². The summed E-state index contributed by atoms with van der Waals surface area (Å²) in [6.07, 6.45) is 9.85. The highest BCUT2D eigenvalue weighted by molar-refractivity contribution is 5.67. The second kappa shape index (κ2) is 5.15. The molecule has 1 aromatic rings. The van der Waals surface area contributed by atoms with Gasteiger partial charge in [0.15, 0.2) is 0 Å². The molecular weight excluding hydrogens is 222 g/mol. The van der Waals surface area contributed by atoms with Gasteiger partial charge in [0.05, 0.1) is 6.10 Å². The molecule has 2 aliphatic carbocycles. The molecule has 0 spiro atoms. The van der Waals surface area contributed by atoms with Crippen LogP contribution in [0.4, 0.5) is 0 Å². The third-order valence-electron chi connectivity index (χ3n) is 3.68. The molecule has 18 heavy (non-hydrogen) atoms. The van der Waals surface area contributed by atoms with Crippen LogP contribution in [0.2, 0.25) is 0 Å². The van der Waals surface area contributed by atoms with Crippen LogP contribution < -0.4 is 10.5 Å². The number of benzene rings is 1. The van der Waals surface area contributed by atoms with E-state index in [9.17, 15) is 0 Å². The molecule has 1 aromatic carbocycles. The molecule has 96 valence electrons. The Kier molecular flexibility index (Phi) is 3.37. The summed E-state index contributed by atoms with van der Waals surface area (Å²) < 4.78 is 5.86. The maximum Gasteiger partial charge on any atom is 0.120 e. The Morgan fingerprint density at radius 1 is 1.11 bits per heavy atom. The monoisotopic (exact) mass is 243 g/mol. The average molecular weight is 243 g/mol.